The topological polar surface area (TPSA) is 40.2 Å². The summed E-state index contributed by atoms with van der Waals surface area (Å²) in [6.07, 6.45) is 1.87. The van der Waals surface area contributed by atoms with Crippen molar-refractivity contribution in [3.63, 3.8) is 0 Å². The van der Waals surface area contributed by atoms with Crippen molar-refractivity contribution < 1.29 is 0 Å². The molecule has 0 unspecified atom stereocenters. The van der Waals surface area contributed by atoms with Gasteiger partial charge in [-0.1, -0.05) is 11.6 Å². The van der Waals surface area contributed by atoms with E-state index in [0.29, 0.717) is 0 Å². The molecule has 0 atom stereocenters. The Balaban J connectivity index is 2.06. The molecule has 0 aliphatic carbocycles. The Morgan fingerprint density at radius 2 is 2.00 bits per heavy atom. The summed E-state index contributed by atoms with van der Waals surface area (Å²) in [5.74, 6) is 0. The van der Waals surface area contributed by atoms with E-state index < -0.39 is 0 Å². The predicted molar refractivity (Wildman–Crippen MR) is 68.1 cm³/mol. The first-order chi connectivity index (χ1) is 7.75. The van der Waals surface area contributed by atoms with E-state index in [2.05, 4.69) is 15.5 Å². The van der Waals surface area contributed by atoms with E-state index >= 15 is 0 Å². The third-order valence-corrected chi connectivity index (χ3v) is 2.44. The van der Waals surface area contributed by atoms with Crippen molar-refractivity contribution >= 4 is 23.0 Å². The predicted octanol–water partition coefficient (Wildman–Crippen LogP) is 3.50. The highest BCUT2D eigenvalue weighted by Crippen LogP contribution is 2.13. The molecule has 2 N–H and O–H groups in total. The molecule has 0 radical (unpaired) electrons. The van der Waals surface area contributed by atoms with Gasteiger partial charge in [-0.05, 0) is 43.3 Å². The maximum absolute atomic E-state index is 5.79. The van der Waals surface area contributed by atoms with Crippen LogP contribution >= 0.6 is 11.6 Å². The van der Waals surface area contributed by atoms with Gasteiger partial charge in [-0.3, -0.25) is 5.43 Å². The van der Waals surface area contributed by atoms with Gasteiger partial charge in [0.05, 0.1) is 17.1 Å². The first-order valence-electron chi connectivity index (χ1n) is 4.95. The van der Waals surface area contributed by atoms with Crippen LogP contribution in [0.25, 0.3) is 0 Å². The number of hydrogen-bond donors (Lipinski definition) is 2. The number of nitrogens with one attached hydrogen (secondary N) is 2. The third-order valence-electron chi connectivity index (χ3n) is 2.18. The number of benzene rings is 1. The molecule has 4 heteroatoms. The molecule has 82 valence electrons. The van der Waals surface area contributed by atoms with E-state index in [0.717, 1.165) is 22.1 Å². The minimum absolute atomic E-state index is 0.718. The van der Waals surface area contributed by atoms with E-state index in [1.807, 2.05) is 49.5 Å². The van der Waals surface area contributed by atoms with Gasteiger partial charge in [0.1, 0.15) is 0 Å². The minimum atomic E-state index is 0.718. The average Bonchev–Trinajstić information content (AvgIpc) is 2.81. The summed E-state index contributed by atoms with van der Waals surface area (Å²) in [7, 11) is 0. The lowest BCUT2D eigenvalue weighted by atomic mass is 10.3. The molecular weight excluding hydrogens is 222 g/mol. The molecule has 0 spiro atoms. The number of hydrogen-bond acceptors (Lipinski definition) is 2. The zero-order chi connectivity index (χ0) is 11.4. The molecular formula is C12H12ClN3. The Bertz CT molecular complexity index is 471. The maximum Gasteiger partial charge on any atom is 0.0810 e. The van der Waals surface area contributed by atoms with Gasteiger partial charge in [-0.15, -0.1) is 0 Å². The van der Waals surface area contributed by atoms with Crippen molar-refractivity contribution in [1.29, 1.82) is 0 Å². The molecule has 2 aromatic rings. The molecule has 0 amide bonds. The molecule has 1 heterocycles. The number of rotatable bonds is 3. The molecule has 0 bridgehead atoms. The lowest BCUT2D eigenvalue weighted by Crippen LogP contribution is -1.99. The lowest BCUT2D eigenvalue weighted by Gasteiger charge is -2.02. The Morgan fingerprint density at radius 3 is 2.62 bits per heavy atom. The normalized spacial score (nSPS) is 11.5. The van der Waals surface area contributed by atoms with Crippen molar-refractivity contribution in [2.24, 2.45) is 5.10 Å². The van der Waals surface area contributed by atoms with Gasteiger partial charge in [0.25, 0.3) is 0 Å². The highest BCUT2D eigenvalue weighted by atomic mass is 35.5. The fourth-order valence-electron chi connectivity index (χ4n) is 1.29. The SMILES string of the molecule is C/C(=N\Nc1ccc(Cl)cc1)c1ccc[nH]1. The van der Waals surface area contributed by atoms with Crippen LogP contribution in [0, 0.1) is 0 Å². The van der Waals surface area contributed by atoms with Crippen LogP contribution in [0.15, 0.2) is 47.7 Å². The fourth-order valence-corrected chi connectivity index (χ4v) is 1.41. The van der Waals surface area contributed by atoms with Crippen LogP contribution in [0.5, 0.6) is 0 Å². The molecule has 0 aliphatic rings. The first kappa shape index (κ1) is 10.8. The number of anilines is 1. The molecule has 1 aromatic heterocycles. The van der Waals surface area contributed by atoms with Crippen molar-refractivity contribution in [1.82, 2.24) is 4.98 Å². The van der Waals surface area contributed by atoms with Crippen molar-refractivity contribution in [2.75, 3.05) is 5.43 Å². The van der Waals surface area contributed by atoms with E-state index in [9.17, 15) is 0 Å². The van der Waals surface area contributed by atoms with Gasteiger partial charge in [-0.2, -0.15) is 5.10 Å². The van der Waals surface area contributed by atoms with E-state index in [1.54, 1.807) is 0 Å². The number of nitrogens with zero attached hydrogens (tertiary/aromatic N) is 1. The second-order valence-corrected chi connectivity index (χ2v) is 3.84. The second-order valence-electron chi connectivity index (χ2n) is 3.40. The number of halogens is 1. The standard InChI is InChI=1S/C12H12ClN3/c1-9(12-3-2-8-14-12)15-16-11-6-4-10(13)5-7-11/h2-8,14,16H,1H3/b15-9+. The van der Waals surface area contributed by atoms with Gasteiger partial charge in [0, 0.05) is 11.2 Å². The molecule has 0 aliphatic heterocycles. The van der Waals surface area contributed by atoms with Crippen LogP contribution in [0.2, 0.25) is 5.02 Å². The van der Waals surface area contributed by atoms with E-state index in [-0.39, 0.29) is 0 Å². The second kappa shape index (κ2) is 4.86. The third kappa shape index (κ3) is 2.64. The lowest BCUT2D eigenvalue weighted by molar-refractivity contribution is 1.29. The summed E-state index contributed by atoms with van der Waals surface area (Å²) in [5, 5.41) is 4.98. The van der Waals surface area contributed by atoms with E-state index in [1.165, 1.54) is 0 Å². The number of hydrazone groups is 1. The molecule has 3 nitrogen and oxygen atoms in total. The van der Waals surface area contributed by atoms with Crippen molar-refractivity contribution in [3.8, 4) is 0 Å². The Hall–Kier alpha value is -1.74. The summed E-state index contributed by atoms with van der Waals surface area (Å²) < 4.78 is 0. The van der Waals surface area contributed by atoms with Crippen LogP contribution < -0.4 is 5.43 Å². The van der Waals surface area contributed by atoms with Gasteiger partial charge in [0.15, 0.2) is 0 Å². The summed E-state index contributed by atoms with van der Waals surface area (Å²) in [5.41, 5.74) is 5.79. The Labute approximate surface area is 99.1 Å². The van der Waals surface area contributed by atoms with Crippen molar-refractivity contribution in [2.45, 2.75) is 6.92 Å². The zero-order valence-electron chi connectivity index (χ0n) is 8.87. The molecule has 0 saturated heterocycles. The number of aromatic amines is 1. The van der Waals surface area contributed by atoms with E-state index in [4.69, 9.17) is 11.6 Å². The summed E-state index contributed by atoms with van der Waals surface area (Å²) in [4.78, 5) is 3.09. The van der Waals surface area contributed by atoms with Crippen LogP contribution in [0.1, 0.15) is 12.6 Å². The molecule has 0 saturated carbocycles. The molecule has 0 fully saturated rings. The van der Waals surface area contributed by atoms with Crippen LogP contribution in [-0.4, -0.2) is 10.7 Å². The maximum atomic E-state index is 5.79. The Morgan fingerprint density at radius 1 is 1.25 bits per heavy atom. The minimum Gasteiger partial charge on any atom is -0.360 e. The number of aromatic nitrogens is 1. The van der Waals surface area contributed by atoms with Crippen LogP contribution in [0.4, 0.5) is 5.69 Å². The largest absolute Gasteiger partial charge is 0.360 e. The highest BCUT2D eigenvalue weighted by molar-refractivity contribution is 6.30. The first-order valence-corrected chi connectivity index (χ1v) is 5.33. The highest BCUT2D eigenvalue weighted by Gasteiger charge is 1.96. The average molecular weight is 234 g/mol. The van der Waals surface area contributed by atoms with Crippen LogP contribution in [0.3, 0.4) is 0 Å². The molecule has 1 aromatic carbocycles. The fraction of sp³-hybridized carbons (Fsp3) is 0.0833. The van der Waals surface area contributed by atoms with Crippen molar-refractivity contribution in [3.05, 3.63) is 53.3 Å². The monoisotopic (exact) mass is 233 g/mol. The molecule has 2 rings (SSSR count). The molecule has 16 heavy (non-hydrogen) atoms. The van der Waals surface area contributed by atoms with Crippen LogP contribution in [-0.2, 0) is 0 Å². The Kier molecular flexibility index (Phi) is 3.27. The van der Waals surface area contributed by atoms with Gasteiger partial charge >= 0.3 is 0 Å². The summed E-state index contributed by atoms with van der Waals surface area (Å²) in [6.45, 7) is 1.94. The smallest absolute Gasteiger partial charge is 0.0810 e. The van der Waals surface area contributed by atoms with Gasteiger partial charge < -0.3 is 4.98 Å². The quantitative estimate of drug-likeness (QED) is 0.618. The number of H-pyrrole nitrogens is 1. The van der Waals surface area contributed by atoms with Gasteiger partial charge in [0.2, 0.25) is 0 Å². The van der Waals surface area contributed by atoms with Gasteiger partial charge in [-0.25, -0.2) is 0 Å². The summed E-state index contributed by atoms with van der Waals surface area (Å²) in [6, 6.07) is 11.3. The summed E-state index contributed by atoms with van der Waals surface area (Å²) >= 11 is 5.79. The zero-order valence-corrected chi connectivity index (χ0v) is 9.62.